The molecule has 166 valence electrons. The van der Waals surface area contributed by atoms with Crippen LogP contribution < -0.4 is 11.1 Å². The summed E-state index contributed by atoms with van der Waals surface area (Å²) in [5.74, 6) is -1.08. The molecule has 3 heterocycles. The Labute approximate surface area is 192 Å². The van der Waals surface area contributed by atoms with Crippen LogP contribution >= 0.6 is 23.5 Å². The van der Waals surface area contributed by atoms with Crippen LogP contribution in [0, 0.1) is 6.92 Å². The Kier molecular flexibility index (Phi) is 6.38. The maximum Gasteiger partial charge on any atom is 0.352 e. The molecule has 2 aromatic rings. The summed E-state index contributed by atoms with van der Waals surface area (Å²) in [6, 6.07) is 6.28. The second-order valence-electron chi connectivity index (χ2n) is 7.32. The third-order valence-corrected chi connectivity index (χ3v) is 7.70. The summed E-state index contributed by atoms with van der Waals surface area (Å²) in [4.78, 5) is 47.0. The van der Waals surface area contributed by atoms with E-state index in [1.165, 1.54) is 28.4 Å². The number of carbonyl (C=O) groups is 3. The van der Waals surface area contributed by atoms with Gasteiger partial charge in [-0.2, -0.15) is 0 Å². The van der Waals surface area contributed by atoms with Crippen molar-refractivity contribution in [1.82, 2.24) is 20.2 Å². The molecule has 2 atom stereocenters. The van der Waals surface area contributed by atoms with Gasteiger partial charge in [-0.3, -0.25) is 19.5 Å². The zero-order chi connectivity index (χ0) is 22.8. The molecule has 32 heavy (non-hydrogen) atoms. The molecule has 1 aromatic carbocycles. The van der Waals surface area contributed by atoms with Gasteiger partial charge < -0.3 is 16.2 Å². The van der Waals surface area contributed by atoms with Gasteiger partial charge in [-0.15, -0.1) is 23.5 Å². The number of aryl methyl sites for hydroxylation is 1. The van der Waals surface area contributed by atoms with E-state index in [0.717, 1.165) is 10.7 Å². The van der Waals surface area contributed by atoms with Crippen molar-refractivity contribution >= 4 is 47.0 Å². The number of carbonyl (C=O) groups excluding carboxylic acids is 2. The molecule has 4 N–H and O–H groups in total. The lowest BCUT2D eigenvalue weighted by Gasteiger charge is -2.49. The first-order valence-corrected chi connectivity index (χ1v) is 11.8. The number of thioether (sulfide) groups is 2. The van der Waals surface area contributed by atoms with Crippen molar-refractivity contribution in [2.45, 2.75) is 29.8 Å². The number of nitrogens with one attached hydrogen (secondary N) is 1. The summed E-state index contributed by atoms with van der Waals surface area (Å²) in [5.41, 5.74) is 8.46. The van der Waals surface area contributed by atoms with Gasteiger partial charge in [-0.1, -0.05) is 18.2 Å². The number of β-lactam (4-membered cyclic amide) rings is 1. The highest BCUT2D eigenvalue weighted by Gasteiger charge is 2.54. The number of hydrogen-bond acceptors (Lipinski definition) is 8. The molecule has 11 heteroatoms. The molecule has 1 unspecified atom stereocenters. The van der Waals surface area contributed by atoms with E-state index >= 15 is 0 Å². The van der Waals surface area contributed by atoms with Crippen molar-refractivity contribution in [3.05, 3.63) is 59.2 Å². The third kappa shape index (κ3) is 4.30. The van der Waals surface area contributed by atoms with Crippen LogP contribution in [0.15, 0.2) is 53.0 Å². The van der Waals surface area contributed by atoms with Crippen LogP contribution in [0.2, 0.25) is 0 Å². The first-order chi connectivity index (χ1) is 15.4. The Balaban J connectivity index is 1.45. The summed E-state index contributed by atoms with van der Waals surface area (Å²) in [6.07, 6.45) is 3.24. The van der Waals surface area contributed by atoms with E-state index in [4.69, 9.17) is 5.73 Å². The lowest BCUT2D eigenvalue weighted by atomic mass is 10.0. The number of aromatic nitrogens is 2. The van der Waals surface area contributed by atoms with E-state index in [1.807, 2.05) is 6.92 Å². The number of anilines is 1. The van der Waals surface area contributed by atoms with Crippen LogP contribution in [-0.4, -0.2) is 60.7 Å². The lowest BCUT2D eigenvalue weighted by molar-refractivity contribution is -0.150. The minimum absolute atomic E-state index is 0.00871. The van der Waals surface area contributed by atoms with Gasteiger partial charge in [0, 0.05) is 29.6 Å². The number of nitrogens with two attached hydrogens (primary N) is 1. The number of nitrogens with zero attached hydrogens (tertiary/aromatic N) is 3. The van der Waals surface area contributed by atoms with Crippen molar-refractivity contribution < 1.29 is 19.5 Å². The van der Waals surface area contributed by atoms with Gasteiger partial charge >= 0.3 is 5.97 Å². The smallest absolute Gasteiger partial charge is 0.352 e. The minimum Gasteiger partial charge on any atom is -0.477 e. The minimum atomic E-state index is -1.16. The van der Waals surface area contributed by atoms with Crippen LogP contribution in [0.5, 0.6) is 0 Å². The van der Waals surface area contributed by atoms with Gasteiger partial charge in [0.25, 0.3) is 5.91 Å². The number of amides is 2. The van der Waals surface area contributed by atoms with Crippen LogP contribution in [0.25, 0.3) is 0 Å². The van der Waals surface area contributed by atoms with Gasteiger partial charge in [-0.05, 0) is 24.1 Å². The molecule has 0 saturated carbocycles. The predicted molar refractivity (Wildman–Crippen MR) is 122 cm³/mol. The average Bonchev–Trinajstić information content (AvgIpc) is 2.77. The number of carboxylic acids is 1. The van der Waals surface area contributed by atoms with Gasteiger partial charge in [0.05, 0.1) is 12.1 Å². The SMILES string of the molecule is Cc1nccnc1SCC1=C(C(=O)O)N2C(=O)C(NC(=O)Cc3ccccc3N)[C@H]2SC1. The summed E-state index contributed by atoms with van der Waals surface area (Å²) in [5, 5.41) is 12.8. The second kappa shape index (κ2) is 9.21. The Morgan fingerprint density at radius 2 is 2.06 bits per heavy atom. The van der Waals surface area contributed by atoms with Crippen LogP contribution in [0.3, 0.4) is 0 Å². The summed E-state index contributed by atoms with van der Waals surface area (Å²) >= 11 is 2.83. The maximum atomic E-state index is 12.8. The Morgan fingerprint density at radius 1 is 1.31 bits per heavy atom. The van der Waals surface area contributed by atoms with Crippen molar-refractivity contribution in [1.29, 1.82) is 0 Å². The number of rotatable bonds is 7. The normalized spacial score (nSPS) is 19.9. The number of para-hydroxylation sites is 1. The molecular weight excluding hydrogens is 450 g/mol. The maximum absolute atomic E-state index is 12.8. The number of hydrogen-bond donors (Lipinski definition) is 3. The van der Waals surface area contributed by atoms with Crippen molar-refractivity contribution in [3.8, 4) is 0 Å². The molecule has 1 aromatic heterocycles. The molecule has 0 spiro atoms. The van der Waals surface area contributed by atoms with E-state index < -0.39 is 23.3 Å². The molecule has 0 radical (unpaired) electrons. The molecule has 2 aliphatic rings. The number of aliphatic carboxylic acids is 1. The second-order valence-corrected chi connectivity index (χ2v) is 9.39. The lowest BCUT2D eigenvalue weighted by Crippen LogP contribution is -2.70. The molecule has 1 fully saturated rings. The van der Waals surface area contributed by atoms with E-state index in [-0.39, 0.29) is 18.0 Å². The number of benzene rings is 1. The van der Waals surface area contributed by atoms with Gasteiger partial charge in [0.15, 0.2) is 0 Å². The molecular formula is C21H21N5O4S2. The first-order valence-electron chi connectivity index (χ1n) is 9.80. The van der Waals surface area contributed by atoms with E-state index in [9.17, 15) is 19.5 Å². The number of fused-ring (bicyclic) bond motifs is 1. The highest BCUT2D eigenvalue weighted by atomic mass is 32.2. The highest BCUT2D eigenvalue weighted by molar-refractivity contribution is 8.01. The largest absolute Gasteiger partial charge is 0.477 e. The molecule has 4 rings (SSSR count). The fourth-order valence-corrected chi connectivity index (χ4v) is 6.00. The average molecular weight is 472 g/mol. The van der Waals surface area contributed by atoms with E-state index in [0.29, 0.717) is 28.3 Å². The van der Waals surface area contributed by atoms with Gasteiger partial charge in [-0.25, -0.2) is 9.78 Å². The van der Waals surface area contributed by atoms with Crippen LogP contribution in [-0.2, 0) is 20.8 Å². The summed E-state index contributed by atoms with van der Waals surface area (Å²) in [6.45, 7) is 1.84. The zero-order valence-electron chi connectivity index (χ0n) is 17.1. The van der Waals surface area contributed by atoms with Crippen molar-refractivity contribution in [3.63, 3.8) is 0 Å². The topological polar surface area (TPSA) is 139 Å². The van der Waals surface area contributed by atoms with E-state index in [2.05, 4.69) is 15.3 Å². The van der Waals surface area contributed by atoms with Gasteiger partial charge in [0.1, 0.15) is 22.1 Å². The summed E-state index contributed by atoms with van der Waals surface area (Å²) < 4.78 is 0. The van der Waals surface area contributed by atoms with Gasteiger partial charge in [0.2, 0.25) is 5.91 Å². The van der Waals surface area contributed by atoms with E-state index in [1.54, 1.807) is 36.7 Å². The molecule has 0 aliphatic carbocycles. The first kappa shape index (κ1) is 22.2. The number of nitrogen functional groups attached to an aromatic ring is 1. The highest BCUT2D eigenvalue weighted by Crippen LogP contribution is 2.41. The molecule has 2 amide bonds. The van der Waals surface area contributed by atoms with Crippen LogP contribution in [0.1, 0.15) is 11.3 Å². The monoisotopic (exact) mass is 471 g/mol. The Bertz CT molecular complexity index is 1120. The standard InChI is InChI=1S/C21H21N5O4S2/c1-11-18(24-7-6-23-11)31-9-13-10-32-20-16(19(28)26(20)17(13)21(29)30)25-15(27)8-12-4-2-3-5-14(12)22/h2-7,16,20H,8-10,22H2,1H3,(H,25,27)(H,29,30)/t16?,20-/m1/s1. The van der Waals surface area contributed by atoms with Crippen molar-refractivity contribution in [2.24, 2.45) is 0 Å². The third-order valence-electron chi connectivity index (χ3n) is 5.19. The van der Waals surface area contributed by atoms with Crippen LogP contribution in [0.4, 0.5) is 5.69 Å². The molecule has 9 nitrogen and oxygen atoms in total. The zero-order valence-corrected chi connectivity index (χ0v) is 18.8. The fraction of sp³-hybridized carbons (Fsp3) is 0.286. The van der Waals surface area contributed by atoms with Crippen molar-refractivity contribution in [2.75, 3.05) is 17.2 Å². The summed E-state index contributed by atoms with van der Waals surface area (Å²) in [7, 11) is 0. The predicted octanol–water partition coefficient (Wildman–Crippen LogP) is 1.44. The quantitative estimate of drug-likeness (QED) is 0.311. The number of carboxylic acid groups (broad SMARTS) is 1. The fourth-order valence-electron chi connectivity index (χ4n) is 3.58. The molecule has 1 saturated heterocycles. The Hall–Kier alpha value is -3.05. The molecule has 0 bridgehead atoms. The molecule has 2 aliphatic heterocycles. The Morgan fingerprint density at radius 3 is 2.78 bits per heavy atom.